The summed E-state index contributed by atoms with van der Waals surface area (Å²) in [5, 5.41) is 0.153. The number of carbonyl (C=O) groups is 1. The Hall–Kier alpha value is -1.89. The van der Waals surface area contributed by atoms with E-state index in [1.54, 1.807) is 11.0 Å². The Labute approximate surface area is 177 Å². The lowest BCUT2D eigenvalue weighted by atomic mass is 9.91. The lowest BCUT2D eigenvalue weighted by Gasteiger charge is -2.33. The summed E-state index contributed by atoms with van der Waals surface area (Å²) in [7, 11) is -3.72. The van der Waals surface area contributed by atoms with Gasteiger partial charge in [0.1, 0.15) is 4.90 Å². The van der Waals surface area contributed by atoms with E-state index >= 15 is 0 Å². The summed E-state index contributed by atoms with van der Waals surface area (Å²) in [6, 6.07) is 12.5. The number of anilines is 1. The molecule has 2 aromatic rings. The van der Waals surface area contributed by atoms with Crippen LogP contribution in [-0.4, -0.2) is 38.3 Å². The van der Waals surface area contributed by atoms with Crippen LogP contribution in [0, 0.1) is 0 Å². The first kappa shape index (κ1) is 20.4. The van der Waals surface area contributed by atoms with E-state index in [2.05, 4.69) is 6.92 Å². The molecule has 5 nitrogen and oxygen atoms in total. The van der Waals surface area contributed by atoms with Gasteiger partial charge in [0.2, 0.25) is 10.0 Å². The van der Waals surface area contributed by atoms with Crippen molar-refractivity contribution in [2.24, 2.45) is 0 Å². The van der Waals surface area contributed by atoms with Crippen LogP contribution in [0.15, 0.2) is 47.4 Å². The number of piperidine rings is 1. The third-order valence-corrected chi connectivity index (χ3v) is 8.28. The highest BCUT2D eigenvalue weighted by molar-refractivity contribution is 7.89. The summed E-state index contributed by atoms with van der Waals surface area (Å²) in [6.45, 7) is 3.75. The van der Waals surface area contributed by atoms with Crippen molar-refractivity contribution in [1.82, 2.24) is 4.31 Å². The fourth-order valence-corrected chi connectivity index (χ4v) is 6.21. The molecule has 0 aromatic heterocycles. The van der Waals surface area contributed by atoms with Gasteiger partial charge in [0, 0.05) is 30.9 Å². The van der Waals surface area contributed by atoms with Crippen molar-refractivity contribution in [2.75, 3.05) is 24.5 Å². The largest absolute Gasteiger partial charge is 0.308 e. The SMILES string of the molecule is CC1CCN(C(=O)c2ccc(Cl)c(S(=O)(=O)N3CCCCC3)c2)c2ccccc21. The topological polar surface area (TPSA) is 57.7 Å². The van der Waals surface area contributed by atoms with Gasteiger partial charge >= 0.3 is 0 Å². The Morgan fingerprint density at radius 3 is 2.52 bits per heavy atom. The molecular formula is C22H25ClN2O3S. The van der Waals surface area contributed by atoms with Gasteiger partial charge in [-0.25, -0.2) is 8.42 Å². The zero-order valence-electron chi connectivity index (χ0n) is 16.5. The number of carbonyl (C=O) groups excluding carboxylic acids is 1. The Morgan fingerprint density at radius 1 is 1.03 bits per heavy atom. The Balaban J connectivity index is 1.69. The molecule has 1 atom stereocenters. The second-order valence-corrected chi connectivity index (χ2v) is 10.1. The lowest BCUT2D eigenvalue weighted by molar-refractivity contribution is 0.0984. The summed E-state index contributed by atoms with van der Waals surface area (Å²) >= 11 is 6.26. The predicted octanol–water partition coefficient (Wildman–Crippen LogP) is 4.67. The van der Waals surface area contributed by atoms with E-state index < -0.39 is 10.0 Å². The molecule has 1 amide bonds. The highest BCUT2D eigenvalue weighted by atomic mass is 35.5. The molecule has 1 saturated heterocycles. The van der Waals surface area contributed by atoms with E-state index in [0.29, 0.717) is 31.1 Å². The summed E-state index contributed by atoms with van der Waals surface area (Å²) in [5.41, 5.74) is 2.38. The van der Waals surface area contributed by atoms with Gasteiger partial charge in [-0.05, 0) is 55.0 Å². The van der Waals surface area contributed by atoms with Crippen LogP contribution in [0.5, 0.6) is 0 Å². The summed E-state index contributed by atoms with van der Waals surface area (Å²) in [6.07, 6.45) is 3.59. The molecular weight excluding hydrogens is 408 g/mol. The first-order valence-electron chi connectivity index (χ1n) is 10.1. The number of amides is 1. The monoisotopic (exact) mass is 432 g/mol. The first-order valence-corrected chi connectivity index (χ1v) is 11.9. The third kappa shape index (κ3) is 3.81. The molecule has 2 aliphatic rings. The zero-order chi connectivity index (χ0) is 20.6. The van der Waals surface area contributed by atoms with Gasteiger partial charge in [-0.1, -0.05) is 43.1 Å². The molecule has 0 bridgehead atoms. The van der Waals surface area contributed by atoms with Crippen LogP contribution in [0.25, 0.3) is 0 Å². The van der Waals surface area contributed by atoms with E-state index in [0.717, 1.165) is 36.9 Å². The Morgan fingerprint density at radius 2 is 1.76 bits per heavy atom. The summed E-state index contributed by atoms with van der Waals surface area (Å²) in [4.78, 5) is 15.1. The van der Waals surface area contributed by atoms with Crippen LogP contribution < -0.4 is 4.90 Å². The van der Waals surface area contributed by atoms with Gasteiger partial charge in [-0.2, -0.15) is 4.31 Å². The molecule has 0 aliphatic carbocycles. The number of hydrogen-bond donors (Lipinski definition) is 0. The van der Waals surface area contributed by atoms with Crippen molar-refractivity contribution in [3.05, 3.63) is 58.6 Å². The second-order valence-electron chi connectivity index (χ2n) is 7.82. The molecule has 4 rings (SSSR count). The Bertz CT molecular complexity index is 1030. The van der Waals surface area contributed by atoms with Gasteiger partial charge in [-0.15, -0.1) is 0 Å². The number of rotatable bonds is 3. The van der Waals surface area contributed by atoms with Crippen LogP contribution in [0.3, 0.4) is 0 Å². The number of para-hydroxylation sites is 1. The average Bonchev–Trinajstić information content (AvgIpc) is 2.74. The van der Waals surface area contributed by atoms with E-state index in [1.807, 2.05) is 24.3 Å². The lowest BCUT2D eigenvalue weighted by Crippen LogP contribution is -2.37. The van der Waals surface area contributed by atoms with Crippen LogP contribution >= 0.6 is 11.6 Å². The quantitative estimate of drug-likeness (QED) is 0.708. The van der Waals surface area contributed by atoms with Crippen LogP contribution in [0.4, 0.5) is 5.69 Å². The van der Waals surface area contributed by atoms with Gasteiger partial charge in [-0.3, -0.25) is 4.79 Å². The molecule has 0 N–H and O–H groups in total. The minimum Gasteiger partial charge on any atom is -0.308 e. The van der Waals surface area contributed by atoms with Crippen molar-refractivity contribution in [3.8, 4) is 0 Å². The summed E-state index contributed by atoms with van der Waals surface area (Å²) < 4.78 is 27.7. The highest BCUT2D eigenvalue weighted by Crippen LogP contribution is 2.36. The molecule has 0 spiro atoms. The summed E-state index contributed by atoms with van der Waals surface area (Å²) in [5.74, 6) is 0.187. The van der Waals surface area contributed by atoms with Crippen molar-refractivity contribution < 1.29 is 13.2 Å². The van der Waals surface area contributed by atoms with Crippen molar-refractivity contribution >= 4 is 33.2 Å². The van der Waals surface area contributed by atoms with E-state index in [4.69, 9.17) is 11.6 Å². The van der Waals surface area contributed by atoms with E-state index in [-0.39, 0.29) is 15.8 Å². The zero-order valence-corrected chi connectivity index (χ0v) is 18.0. The van der Waals surface area contributed by atoms with Gasteiger partial charge in [0.15, 0.2) is 0 Å². The third-order valence-electron chi connectivity index (χ3n) is 5.90. The average molecular weight is 433 g/mol. The van der Waals surface area contributed by atoms with E-state index in [9.17, 15) is 13.2 Å². The van der Waals surface area contributed by atoms with Gasteiger partial charge in [0.05, 0.1) is 5.02 Å². The molecule has 154 valence electrons. The van der Waals surface area contributed by atoms with Crippen molar-refractivity contribution in [1.29, 1.82) is 0 Å². The van der Waals surface area contributed by atoms with Gasteiger partial charge in [0.25, 0.3) is 5.91 Å². The fourth-order valence-electron chi connectivity index (χ4n) is 4.19. The van der Waals surface area contributed by atoms with Gasteiger partial charge < -0.3 is 4.90 Å². The maximum Gasteiger partial charge on any atom is 0.258 e. The number of sulfonamides is 1. The molecule has 29 heavy (non-hydrogen) atoms. The van der Waals surface area contributed by atoms with Crippen LogP contribution in [0.1, 0.15) is 54.4 Å². The number of halogens is 1. The minimum absolute atomic E-state index is 0.0191. The number of benzene rings is 2. The molecule has 2 aliphatic heterocycles. The molecule has 7 heteroatoms. The van der Waals surface area contributed by atoms with Crippen LogP contribution in [0.2, 0.25) is 5.02 Å². The van der Waals surface area contributed by atoms with Crippen molar-refractivity contribution in [2.45, 2.75) is 43.4 Å². The number of nitrogens with zero attached hydrogens (tertiary/aromatic N) is 2. The maximum atomic E-state index is 13.3. The molecule has 2 aromatic carbocycles. The van der Waals surface area contributed by atoms with Crippen LogP contribution in [-0.2, 0) is 10.0 Å². The minimum atomic E-state index is -3.72. The molecule has 1 fully saturated rings. The molecule has 0 saturated carbocycles. The molecule has 2 heterocycles. The molecule has 1 unspecified atom stereocenters. The smallest absolute Gasteiger partial charge is 0.258 e. The number of hydrogen-bond acceptors (Lipinski definition) is 3. The second kappa shape index (κ2) is 8.09. The maximum absolute atomic E-state index is 13.3. The number of fused-ring (bicyclic) bond motifs is 1. The standard InChI is InChI=1S/C22H25ClN2O3S/c1-16-11-14-25(20-8-4-3-7-18(16)20)22(26)17-9-10-19(23)21(15-17)29(27,28)24-12-5-2-6-13-24/h3-4,7-10,15-16H,2,5-6,11-14H2,1H3. The molecule has 0 radical (unpaired) electrons. The first-order chi connectivity index (χ1) is 13.9. The Kier molecular flexibility index (Phi) is 5.69. The fraction of sp³-hybridized carbons (Fsp3) is 0.409. The predicted molar refractivity (Wildman–Crippen MR) is 115 cm³/mol. The highest BCUT2D eigenvalue weighted by Gasteiger charge is 2.31. The van der Waals surface area contributed by atoms with E-state index in [1.165, 1.54) is 16.4 Å². The normalized spacial score (nSPS) is 20.3. The van der Waals surface area contributed by atoms with Crippen molar-refractivity contribution in [3.63, 3.8) is 0 Å².